The fourth-order valence-electron chi connectivity index (χ4n) is 3.38. The summed E-state index contributed by atoms with van der Waals surface area (Å²) in [5.41, 5.74) is 6.18. The fraction of sp³-hybridized carbons (Fsp3) is 0.714. The molecule has 1 atom stereocenters. The monoisotopic (exact) mass is 265 g/mol. The second-order valence-corrected chi connectivity index (χ2v) is 5.75. The lowest BCUT2D eigenvalue weighted by molar-refractivity contribution is -0.150. The summed E-state index contributed by atoms with van der Waals surface area (Å²) in [7, 11) is 0. The van der Waals surface area contributed by atoms with Crippen molar-refractivity contribution >= 4 is 5.97 Å². The van der Waals surface area contributed by atoms with Crippen LogP contribution in [0, 0.1) is 5.41 Å². The fourth-order valence-corrected chi connectivity index (χ4v) is 3.38. The van der Waals surface area contributed by atoms with Crippen molar-refractivity contribution in [1.82, 2.24) is 9.78 Å². The van der Waals surface area contributed by atoms with Crippen molar-refractivity contribution in [1.29, 1.82) is 0 Å². The molecule has 1 aromatic rings. The molecule has 0 aromatic carbocycles. The van der Waals surface area contributed by atoms with Gasteiger partial charge in [-0.25, -0.2) is 0 Å². The van der Waals surface area contributed by atoms with Crippen LogP contribution in [-0.2, 0) is 4.79 Å². The van der Waals surface area contributed by atoms with Crippen molar-refractivity contribution in [3.8, 4) is 0 Å². The van der Waals surface area contributed by atoms with E-state index in [4.69, 9.17) is 5.73 Å². The number of aliphatic carboxylic acids is 1. The number of carboxylic acid groups (broad SMARTS) is 1. The van der Waals surface area contributed by atoms with Gasteiger partial charge in [0.15, 0.2) is 0 Å². The van der Waals surface area contributed by atoms with Crippen LogP contribution < -0.4 is 5.73 Å². The molecule has 3 N–H and O–H groups in total. The molecule has 1 aromatic heterocycles. The Morgan fingerprint density at radius 3 is 2.63 bits per heavy atom. The lowest BCUT2D eigenvalue weighted by Crippen LogP contribution is -2.39. The van der Waals surface area contributed by atoms with Gasteiger partial charge in [0.1, 0.15) is 0 Å². The minimum absolute atomic E-state index is 0.155. The number of carboxylic acids is 1. The second-order valence-electron chi connectivity index (χ2n) is 5.75. The van der Waals surface area contributed by atoms with Gasteiger partial charge in [0.25, 0.3) is 0 Å². The third-order valence-corrected chi connectivity index (χ3v) is 4.37. The second kappa shape index (κ2) is 5.33. The van der Waals surface area contributed by atoms with Gasteiger partial charge >= 0.3 is 5.97 Å². The molecule has 1 heterocycles. The summed E-state index contributed by atoms with van der Waals surface area (Å²) in [4.78, 5) is 11.8. The van der Waals surface area contributed by atoms with Crippen LogP contribution in [0.1, 0.15) is 57.2 Å². The quantitative estimate of drug-likeness (QED) is 0.854. The maximum Gasteiger partial charge on any atom is 0.310 e. The van der Waals surface area contributed by atoms with Crippen LogP contribution in [0.2, 0.25) is 0 Å². The molecule has 2 rings (SSSR count). The molecule has 0 amide bonds. The number of hydrogen-bond acceptors (Lipinski definition) is 3. The molecule has 5 nitrogen and oxygen atoms in total. The molecule has 106 valence electrons. The molecule has 1 fully saturated rings. The standard InChI is InChI=1S/C14H23N3O2/c1-10(2)17-12(5-8-16-17)11(9-15)14(13(18)19)6-3-4-7-14/h5,8,10-11H,3-4,6-7,9,15H2,1-2H3,(H,18,19). The molecule has 0 spiro atoms. The van der Waals surface area contributed by atoms with Crippen LogP contribution in [0.25, 0.3) is 0 Å². The van der Waals surface area contributed by atoms with E-state index in [1.807, 2.05) is 24.6 Å². The number of rotatable bonds is 5. The van der Waals surface area contributed by atoms with Gasteiger partial charge in [-0.2, -0.15) is 5.10 Å². The van der Waals surface area contributed by atoms with Gasteiger partial charge in [0, 0.05) is 30.4 Å². The van der Waals surface area contributed by atoms with E-state index in [1.165, 1.54) is 0 Å². The summed E-state index contributed by atoms with van der Waals surface area (Å²) in [6.07, 6.45) is 5.11. The number of aromatic nitrogens is 2. The van der Waals surface area contributed by atoms with E-state index < -0.39 is 11.4 Å². The highest BCUT2D eigenvalue weighted by molar-refractivity contribution is 5.76. The van der Waals surface area contributed by atoms with Gasteiger partial charge in [-0.15, -0.1) is 0 Å². The Labute approximate surface area is 113 Å². The van der Waals surface area contributed by atoms with Crippen LogP contribution in [0.15, 0.2) is 12.3 Å². The van der Waals surface area contributed by atoms with Crippen molar-refractivity contribution in [2.75, 3.05) is 6.54 Å². The van der Waals surface area contributed by atoms with Crippen molar-refractivity contribution in [2.24, 2.45) is 11.1 Å². The van der Waals surface area contributed by atoms with Gasteiger partial charge in [-0.05, 0) is 32.8 Å². The molecule has 1 aliphatic rings. The molecule has 0 bridgehead atoms. The topological polar surface area (TPSA) is 81.1 Å². The maximum absolute atomic E-state index is 11.8. The number of hydrogen-bond donors (Lipinski definition) is 2. The molecular formula is C14H23N3O2. The molecule has 1 aliphatic carbocycles. The lowest BCUT2D eigenvalue weighted by Gasteiger charge is -2.33. The Bertz CT molecular complexity index is 447. The summed E-state index contributed by atoms with van der Waals surface area (Å²) in [6, 6.07) is 2.13. The van der Waals surface area contributed by atoms with E-state index in [-0.39, 0.29) is 12.0 Å². The highest BCUT2D eigenvalue weighted by atomic mass is 16.4. The maximum atomic E-state index is 11.8. The Balaban J connectivity index is 2.43. The highest BCUT2D eigenvalue weighted by Gasteiger charge is 2.48. The Kier molecular flexibility index (Phi) is 3.94. The first kappa shape index (κ1) is 14.1. The third-order valence-electron chi connectivity index (χ3n) is 4.37. The Morgan fingerprint density at radius 2 is 2.16 bits per heavy atom. The summed E-state index contributed by atoms with van der Waals surface area (Å²) in [6.45, 7) is 4.45. The molecule has 0 saturated heterocycles. The van der Waals surface area contributed by atoms with Crippen LogP contribution in [0.5, 0.6) is 0 Å². The predicted octanol–water partition coefficient (Wildman–Crippen LogP) is 2.15. The first-order valence-electron chi connectivity index (χ1n) is 7.00. The van der Waals surface area contributed by atoms with E-state index >= 15 is 0 Å². The van der Waals surface area contributed by atoms with Gasteiger partial charge in [0.05, 0.1) is 5.41 Å². The molecular weight excluding hydrogens is 242 g/mol. The average Bonchev–Trinajstić information content (AvgIpc) is 2.99. The van der Waals surface area contributed by atoms with Crippen molar-refractivity contribution in [2.45, 2.75) is 51.5 Å². The highest BCUT2D eigenvalue weighted by Crippen LogP contribution is 2.48. The van der Waals surface area contributed by atoms with Crippen LogP contribution in [0.3, 0.4) is 0 Å². The lowest BCUT2D eigenvalue weighted by atomic mass is 9.72. The molecule has 1 saturated carbocycles. The molecule has 19 heavy (non-hydrogen) atoms. The Hall–Kier alpha value is -1.36. The van der Waals surface area contributed by atoms with E-state index in [1.54, 1.807) is 6.20 Å². The van der Waals surface area contributed by atoms with E-state index in [9.17, 15) is 9.90 Å². The largest absolute Gasteiger partial charge is 0.481 e. The Morgan fingerprint density at radius 1 is 1.53 bits per heavy atom. The zero-order valence-corrected chi connectivity index (χ0v) is 11.7. The minimum Gasteiger partial charge on any atom is -0.481 e. The molecule has 5 heteroatoms. The van der Waals surface area contributed by atoms with Gasteiger partial charge in [0.2, 0.25) is 0 Å². The zero-order valence-electron chi connectivity index (χ0n) is 11.7. The molecule has 1 unspecified atom stereocenters. The van der Waals surface area contributed by atoms with E-state index in [2.05, 4.69) is 5.10 Å². The SMILES string of the molecule is CC(C)n1nccc1C(CN)C1(C(=O)O)CCCC1. The van der Waals surface area contributed by atoms with Crippen LogP contribution in [0.4, 0.5) is 0 Å². The number of nitrogens with two attached hydrogens (primary N) is 1. The van der Waals surface area contributed by atoms with Crippen molar-refractivity contribution in [3.63, 3.8) is 0 Å². The van der Waals surface area contributed by atoms with Crippen LogP contribution in [-0.4, -0.2) is 27.4 Å². The van der Waals surface area contributed by atoms with Gasteiger partial charge in [-0.3, -0.25) is 9.48 Å². The first-order chi connectivity index (χ1) is 9.03. The van der Waals surface area contributed by atoms with E-state index in [0.717, 1.165) is 18.5 Å². The number of nitrogens with zero attached hydrogens (tertiary/aromatic N) is 2. The smallest absolute Gasteiger partial charge is 0.310 e. The van der Waals surface area contributed by atoms with Crippen LogP contribution >= 0.6 is 0 Å². The summed E-state index contributed by atoms with van der Waals surface area (Å²) < 4.78 is 1.90. The molecule has 0 radical (unpaired) electrons. The summed E-state index contributed by atoms with van der Waals surface area (Å²) >= 11 is 0. The van der Waals surface area contributed by atoms with Gasteiger partial charge < -0.3 is 10.8 Å². The van der Waals surface area contributed by atoms with E-state index in [0.29, 0.717) is 19.4 Å². The average molecular weight is 265 g/mol. The van der Waals surface area contributed by atoms with Gasteiger partial charge in [-0.1, -0.05) is 12.8 Å². The number of carbonyl (C=O) groups is 1. The third kappa shape index (κ3) is 2.27. The first-order valence-corrected chi connectivity index (χ1v) is 7.00. The zero-order chi connectivity index (χ0) is 14.0. The normalized spacial score (nSPS) is 19.8. The minimum atomic E-state index is -0.711. The van der Waals surface area contributed by atoms with Crippen molar-refractivity contribution < 1.29 is 9.90 Å². The molecule has 0 aliphatic heterocycles. The summed E-state index contributed by atoms with van der Waals surface area (Å²) in [5, 5.41) is 14.0. The van der Waals surface area contributed by atoms with Crippen molar-refractivity contribution in [3.05, 3.63) is 18.0 Å². The summed E-state index contributed by atoms with van der Waals surface area (Å²) in [5.74, 6) is -0.866. The predicted molar refractivity (Wildman–Crippen MR) is 72.9 cm³/mol.